The molecule has 1 saturated carbocycles. The standard InChI is InChI=1S/C13H24N2O/c1-14-10-12-7-4-8-15(12)13(16)9-11-5-2-3-6-11/h11-12,14H,2-10H2,1H3. The number of rotatable bonds is 4. The van der Waals surface area contributed by atoms with Crippen LogP contribution in [0.1, 0.15) is 44.9 Å². The second-order valence-electron chi connectivity index (χ2n) is 5.30. The summed E-state index contributed by atoms with van der Waals surface area (Å²) in [6.07, 6.45) is 8.38. The van der Waals surface area contributed by atoms with Gasteiger partial charge in [0.25, 0.3) is 0 Å². The van der Waals surface area contributed by atoms with Crippen molar-refractivity contribution in [2.24, 2.45) is 5.92 Å². The maximum Gasteiger partial charge on any atom is 0.223 e. The molecule has 1 amide bonds. The third-order valence-corrected chi connectivity index (χ3v) is 4.08. The smallest absolute Gasteiger partial charge is 0.223 e. The Morgan fingerprint density at radius 2 is 2.00 bits per heavy atom. The number of nitrogens with zero attached hydrogens (tertiary/aromatic N) is 1. The summed E-state index contributed by atoms with van der Waals surface area (Å²) < 4.78 is 0. The van der Waals surface area contributed by atoms with Crippen LogP contribution in [0.15, 0.2) is 0 Å². The van der Waals surface area contributed by atoms with E-state index >= 15 is 0 Å². The van der Waals surface area contributed by atoms with E-state index in [-0.39, 0.29) is 0 Å². The molecule has 1 aliphatic carbocycles. The van der Waals surface area contributed by atoms with Crippen LogP contribution in [0.4, 0.5) is 0 Å². The van der Waals surface area contributed by atoms with Crippen molar-refractivity contribution in [1.29, 1.82) is 0 Å². The van der Waals surface area contributed by atoms with E-state index in [0.29, 0.717) is 17.9 Å². The van der Waals surface area contributed by atoms with Crippen molar-refractivity contribution in [2.75, 3.05) is 20.1 Å². The molecule has 3 heteroatoms. The molecule has 1 aliphatic heterocycles. The second-order valence-corrected chi connectivity index (χ2v) is 5.30. The highest BCUT2D eigenvalue weighted by Gasteiger charge is 2.29. The average Bonchev–Trinajstić information content (AvgIpc) is 2.89. The molecule has 1 atom stereocenters. The fourth-order valence-corrected chi connectivity index (χ4v) is 3.19. The topological polar surface area (TPSA) is 32.3 Å². The van der Waals surface area contributed by atoms with Gasteiger partial charge in [-0.15, -0.1) is 0 Å². The molecule has 0 aromatic heterocycles. The van der Waals surface area contributed by atoms with Crippen LogP contribution in [0.25, 0.3) is 0 Å². The van der Waals surface area contributed by atoms with Gasteiger partial charge in [0.15, 0.2) is 0 Å². The molecule has 1 unspecified atom stereocenters. The van der Waals surface area contributed by atoms with E-state index < -0.39 is 0 Å². The van der Waals surface area contributed by atoms with Crippen molar-refractivity contribution < 1.29 is 4.79 Å². The summed E-state index contributed by atoms with van der Waals surface area (Å²) in [4.78, 5) is 14.3. The number of hydrogen-bond donors (Lipinski definition) is 1. The summed E-state index contributed by atoms with van der Waals surface area (Å²) in [5.74, 6) is 1.09. The minimum atomic E-state index is 0.407. The van der Waals surface area contributed by atoms with Crippen LogP contribution in [0.5, 0.6) is 0 Å². The van der Waals surface area contributed by atoms with Gasteiger partial charge in [-0.3, -0.25) is 4.79 Å². The highest BCUT2D eigenvalue weighted by Crippen LogP contribution is 2.29. The molecule has 0 bridgehead atoms. The van der Waals surface area contributed by atoms with Crippen LogP contribution < -0.4 is 5.32 Å². The highest BCUT2D eigenvalue weighted by molar-refractivity contribution is 5.77. The zero-order valence-electron chi connectivity index (χ0n) is 10.4. The zero-order chi connectivity index (χ0) is 11.4. The molecular formula is C13H24N2O. The summed E-state index contributed by atoms with van der Waals surface area (Å²) in [5, 5.41) is 3.19. The Labute approximate surface area is 98.6 Å². The third kappa shape index (κ3) is 2.76. The molecular weight excluding hydrogens is 200 g/mol. The van der Waals surface area contributed by atoms with E-state index in [0.717, 1.165) is 19.5 Å². The first-order valence-corrected chi connectivity index (χ1v) is 6.75. The van der Waals surface area contributed by atoms with Crippen LogP contribution in [0.2, 0.25) is 0 Å². The summed E-state index contributed by atoms with van der Waals surface area (Å²) in [6.45, 7) is 1.94. The Kier molecular flexibility index (Phi) is 4.22. The predicted octanol–water partition coefficient (Wildman–Crippen LogP) is 1.78. The molecule has 0 aromatic rings. The van der Waals surface area contributed by atoms with Crippen molar-refractivity contribution in [2.45, 2.75) is 51.0 Å². The maximum atomic E-state index is 12.2. The Morgan fingerprint density at radius 3 is 2.69 bits per heavy atom. The average molecular weight is 224 g/mol. The molecule has 2 rings (SSSR count). The number of amides is 1. The van der Waals surface area contributed by atoms with E-state index in [9.17, 15) is 4.79 Å². The van der Waals surface area contributed by atoms with Gasteiger partial charge >= 0.3 is 0 Å². The Balaban J connectivity index is 1.82. The van der Waals surface area contributed by atoms with Crippen molar-refractivity contribution in [1.82, 2.24) is 10.2 Å². The molecule has 92 valence electrons. The van der Waals surface area contributed by atoms with Gasteiger partial charge in [-0.25, -0.2) is 0 Å². The molecule has 3 nitrogen and oxygen atoms in total. The number of likely N-dealkylation sites (tertiary alicyclic amines) is 1. The third-order valence-electron chi connectivity index (χ3n) is 4.08. The first-order valence-electron chi connectivity index (χ1n) is 6.75. The van der Waals surface area contributed by atoms with Crippen LogP contribution in [-0.4, -0.2) is 37.0 Å². The van der Waals surface area contributed by atoms with Gasteiger partial charge in [-0.2, -0.15) is 0 Å². The molecule has 2 aliphatic rings. The van der Waals surface area contributed by atoms with E-state index in [1.54, 1.807) is 0 Å². The SMILES string of the molecule is CNCC1CCCN1C(=O)CC1CCCC1. The molecule has 1 N–H and O–H groups in total. The predicted molar refractivity (Wildman–Crippen MR) is 65.2 cm³/mol. The highest BCUT2D eigenvalue weighted by atomic mass is 16.2. The minimum absolute atomic E-state index is 0.407. The lowest BCUT2D eigenvalue weighted by molar-refractivity contribution is -0.132. The molecule has 0 spiro atoms. The molecule has 1 heterocycles. The van der Waals surface area contributed by atoms with Crippen molar-refractivity contribution >= 4 is 5.91 Å². The van der Waals surface area contributed by atoms with Crippen molar-refractivity contribution in [3.05, 3.63) is 0 Å². The Morgan fingerprint density at radius 1 is 1.25 bits per heavy atom. The fraction of sp³-hybridized carbons (Fsp3) is 0.923. The van der Waals surface area contributed by atoms with E-state index in [1.165, 1.54) is 38.5 Å². The lowest BCUT2D eigenvalue weighted by Crippen LogP contribution is -2.41. The molecule has 1 saturated heterocycles. The summed E-state index contributed by atoms with van der Waals surface area (Å²) in [7, 11) is 1.97. The fourth-order valence-electron chi connectivity index (χ4n) is 3.19. The van der Waals surface area contributed by atoms with E-state index in [2.05, 4.69) is 10.2 Å². The van der Waals surface area contributed by atoms with E-state index in [4.69, 9.17) is 0 Å². The molecule has 0 aromatic carbocycles. The van der Waals surface area contributed by atoms with Crippen LogP contribution in [0, 0.1) is 5.92 Å². The number of carbonyl (C=O) groups is 1. The number of likely N-dealkylation sites (N-methyl/N-ethyl adjacent to an activating group) is 1. The summed E-state index contributed by atoms with van der Waals surface area (Å²) >= 11 is 0. The lowest BCUT2D eigenvalue weighted by atomic mass is 10.0. The Hall–Kier alpha value is -0.570. The molecule has 2 fully saturated rings. The monoisotopic (exact) mass is 224 g/mol. The number of hydrogen-bond acceptors (Lipinski definition) is 2. The van der Waals surface area contributed by atoms with Crippen molar-refractivity contribution in [3.63, 3.8) is 0 Å². The van der Waals surface area contributed by atoms with Gasteiger partial charge in [0, 0.05) is 25.6 Å². The number of nitrogens with one attached hydrogen (secondary N) is 1. The van der Waals surface area contributed by atoms with Crippen LogP contribution in [0.3, 0.4) is 0 Å². The van der Waals surface area contributed by atoms with E-state index in [1.807, 2.05) is 7.05 Å². The van der Waals surface area contributed by atoms with Gasteiger partial charge in [0.05, 0.1) is 0 Å². The minimum Gasteiger partial charge on any atom is -0.338 e. The molecule has 0 radical (unpaired) electrons. The van der Waals surface area contributed by atoms with Gasteiger partial charge in [0.2, 0.25) is 5.91 Å². The van der Waals surface area contributed by atoms with Gasteiger partial charge in [0.1, 0.15) is 0 Å². The van der Waals surface area contributed by atoms with Gasteiger partial charge in [-0.1, -0.05) is 12.8 Å². The first-order chi connectivity index (χ1) is 7.81. The van der Waals surface area contributed by atoms with Crippen molar-refractivity contribution in [3.8, 4) is 0 Å². The quantitative estimate of drug-likeness (QED) is 0.789. The lowest BCUT2D eigenvalue weighted by Gasteiger charge is -2.25. The first kappa shape index (κ1) is 11.9. The van der Waals surface area contributed by atoms with Crippen LogP contribution in [-0.2, 0) is 4.79 Å². The summed E-state index contributed by atoms with van der Waals surface area (Å²) in [5.41, 5.74) is 0. The molecule has 16 heavy (non-hydrogen) atoms. The van der Waals surface area contributed by atoms with Gasteiger partial charge < -0.3 is 10.2 Å². The van der Waals surface area contributed by atoms with Crippen LogP contribution >= 0.6 is 0 Å². The number of carbonyl (C=O) groups excluding carboxylic acids is 1. The largest absolute Gasteiger partial charge is 0.338 e. The Bertz CT molecular complexity index is 236. The zero-order valence-corrected chi connectivity index (χ0v) is 10.4. The maximum absolute atomic E-state index is 12.2. The summed E-state index contributed by atoms with van der Waals surface area (Å²) in [6, 6.07) is 0.457. The second kappa shape index (κ2) is 5.67. The van der Waals surface area contributed by atoms with Gasteiger partial charge in [-0.05, 0) is 38.6 Å². The normalized spacial score (nSPS) is 26.6.